The number of carbonyl (C=O) groups is 2. The van der Waals surface area contributed by atoms with Crippen LogP contribution in [0.2, 0.25) is 0 Å². The summed E-state index contributed by atoms with van der Waals surface area (Å²) < 4.78 is 1.37. The number of benzene rings is 2. The van der Waals surface area contributed by atoms with Gasteiger partial charge in [-0.05, 0) is 30.3 Å². The quantitative estimate of drug-likeness (QED) is 0.777. The molecule has 0 aliphatic carbocycles. The molecule has 2 amide bonds. The van der Waals surface area contributed by atoms with Gasteiger partial charge in [0.05, 0.1) is 17.2 Å². The molecule has 2 aromatic carbocycles. The summed E-state index contributed by atoms with van der Waals surface area (Å²) >= 11 is 0. The van der Waals surface area contributed by atoms with Crippen LogP contribution < -0.4 is 10.9 Å². The molecule has 0 spiro atoms. The largest absolute Gasteiger partial charge is 0.345 e. The van der Waals surface area contributed by atoms with Gasteiger partial charge in [0.15, 0.2) is 0 Å². The van der Waals surface area contributed by atoms with E-state index < -0.39 is 0 Å². The van der Waals surface area contributed by atoms with E-state index in [0.717, 1.165) is 0 Å². The molecule has 1 heterocycles. The standard InChI is InChI=1S/C19H18N4O3/c1-22(2)19(26)13-6-5-7-14(10-13)21-17(24)12-23-16-9-4-3-8-15(16)20-11-18(23)25/h3-11H,12H2,1-2H3,(H,21,24). The number of anilines is 1. The minimum atomic E-state index is -0.363. The van der Waals surface area contributed by atoms with Crippen molar-refractivity contribution in [2.45, 2.75) is 6.54 Å². The zero-order chi connectivity index (χ0) is 18.7. The number of nitrogens with one attached hydrogen (secondary N) is 1. The number of para-hydroxylation sites is 2. The molecule has 0 atom stereocenters. The van der Waals surface area contributed by atoms with Gasteiger partial charge in [-0.3, -0.25) is 19.0 Å². The Morgan fingerprint density at radius 3 is 2.65 bits per heavy atom. The van der Waals surface area contributed by atoms with Crippen LogP contribution in [0.25, 0.3) is 11.0 Å². The number of hydrogen-bond donors (Lipinski definition) is 1. The lowest BCUT2D eigenvalue weighted by Crippen LogP contribution is -2.28. The monoisotopic (exact) mass is 350 g/mol. The second kappa shape index (κ2) is 7.18. The average Bonchev–Trinajstić information content (AvgIpc) is 2.63. The highest BCUT2D eigenvalue weighted by molar-refractivity contribution is 5.97. The molecule has 3 aromatic rings. The van der Waals surface area contributed by atoms with Crippen molar-refractivity contribution in [3.05, 3.63) is 70.6 Å². The van der Waals surface area contributed by atoms with Crippen molar-refractivity contribution in [2.75, 3.05) is 19.4 Å². The van der Waals surface area contributed by atoms with Crippen molar-refractivity contribution in [2.24, 2.45) is 0 Å². The molecular formula is C19H18N4O3. The molecule has 7 nitrogen and oxygen atoms in total. The van der Waals surface area contributed by atoms with Crippen molar-refractivity contribution in [3.63, 3.8) is 0 Å². The molecule has 0 unspecified atom stereocenters. The van der Waals surface area contributed by atoms with E-state index in [1.807, 2.05) is 6.07 Å². The number of fused-ring (bicyclic) bond motifs is 1. The zero-order valence-corrected chi connectivity index (χ0v) is 14.5. The van der Waals surface area contributed by atoms with E-state index in [9.17, 15) is 14.4 Å². The first-order valence-electron chi connectivity index (χ1n) is 8.02. The van der Waals surface area contributed by atoms with Gasteiger partial charge in [-0.1, -0.05) is 18.2 Å². The molecule has 0 saturated heterocycles. The van der Waals surface area contributed by atoms with Gasteiger partial charge >= 0.3 is 0 Å². The highest BCUT2D eigenvalue weighted by Gasteiger charge is 2.11. The lowest BCUT2D eigenvalue weighted by Gasteiger charge is -2.12. The fourth-order valence-electron chi connectivity index (χ4n) is 2.61. The Labute approximate surface area is 149 Å². The molecule has 0 radical (unpaired) electrons. The van der Waals surface area contributed by atoms with Crippen molar-refractivity contribution in [1.29, 1.82) is 0 Å². The van der Waals surface area contributed by atoms with Crippen LogP contribution in [0, 0.1) is 0 Å². The van der Waals surface area contributed by atoms with Crippen LogP contribution in [0.15, 0.2) is 59.5 Å². The Hall–Kier alpha value is -3.48. The van der Waals surface area contributed by atoms with E-state index in [4.69, 9.17) is 0 Å². The number of carbonyl (C=O) groups excluding carboxylic acids is 2. The Morgan fingerprint density at radius 2 is 1.88 bits per heavy atom. The van der Waals surface area contributed by atoms with Crippen LogP contribution in [-0.4, -0.2) is 40.4 Å². The summed E-state index contributed by atoms with van der Waals surface area (Å²) in [5.41, 5.74) is 1.84. The van der Waals surface area contributed by atoms with Gasteiger partial charge in [0.2, 0.25) is 5.91 Å². The molecule has 0 saturated carbocycles. The van der Waals surface area contributed by atoms with Gasteiger partial charge in [-0.15, -0.1) is 0 Å². The average molecular weight is 350 g/mol. The number of aromatic nitrogens is 2. The van der Waals surface area contributed by atoms with Crippen LogP contribution in [0.3, 0.4) is 0 Å². The molecule has 3 rings (SSSR count). The van der Waals surface area contributed by atoms with E-state index >= 15 is 0 Å². The second-order valence-electron chi connectivity index (χ2n) is 6.00. The van der Waals surface area contributed by atoms with Gasteiger partial charge in [0.25, 0.3) is 11.5 Å². The third kappa shape index (κ3) is 3.61. The maximum atomic E-state index is 12.4. The Bertz CT molecular complexity index is 1040. The number of hydrogen-bond acceptors (Lipinski definition) is 4. The summed E-state index contributed by atoms with van der Waals surface area (Å²) in [6, 6.07) is 13.8. The van der Waals surface area contributed by atoms with Crippen molar-refractivity contribution >= 4 is 28.5 Å². The molecule has 0 aliphatic rings. The molecule has 1 aromatic heterocycles. The van der Waals surface area contributed by atoms with E-state index in [2.05, 4.69) is 10.3 Å². The molecule has 132 valence electrons. The molecule has 1 N–H and O–H groups in total. The summed E-state index contributed by atoms with van der Waals surface area (Å²) in [4.78, 5) is 42.1. The molecule has 26 heavy (non-hydrogen) atoms. The summed E-state index contributed by atoms with van der Waals surface area (Å²) in [7, 11) is 3.32. The predicted molar refractivity (Wildman–Crippen MR) is 99.1 cm³/mol. The summed E-state index contributed by atoms with van der Waals surface area (Å²) in [5.74, 6) is -0.518. The third-order valence-corrected chi connectivity index (χ3v) is 3.85. The van der Waals surface area contributed by atoms with Crippen LogP contribution >= 0.6 is 0 Å². The maximum absolute atomic E-state index is 12.4. The van der Waals surface area contributed by atoms with Gasteiger partial charge in [-0.25, -0.2) is 4.98 Å². The smallest absolute Gasteiger partial charge is 0.269 e. The highest BCUT2D eigenvalue weighted by Crippen LogP contribution is 2.13. The normalized spacial score (nSPS) is 10.5. The molecule has 0 aliphatic heterocycles. The fourth-order valence-corrected chi connectivity index (χ4v) is 2.61. The lowest BCUT2D eigenvalue weighted by atomic mass is 10.2. The number of amides is 2. The van der Waals surface area contributed by atoms with Crippen LogP contribution in [0.4, 0.5) is 5.69 Å². The topological polar surface area (TPSA) is 84.3 Å². The van der Waals surface area contributed by atoms with Crippen molar-refractivity contribution in [3.8, 4) is 0 Å². The van der Waals surface area contributed by atoms with E-state index in [1.54, 1.807) is 56.6 Å². The zero-order valence-electron chi connectivity index (χ0n) is 14.5. The molecule has 0 bridgehead atoms. The summed E-state index contributed by atoms with van der Waals surface area (Å²) in [5, 5.41) is 2.73. The minimum absolute atomic E-state index is 0.145. The van der Waals surface area contributed by atoms with Crippen molar-refractivity contribution in [1.82, 2.24) is 14.5 Å². The van der Waals surface area contributed by atoms with Gasteiger partial charge in [0.1, 0.15) is 6.54 Å². The number of rotatable bonds is 4. The first-order chi connectivity index (χ1) is 12.5. The van der Waals surface area contributed by atoms with Gasteiger partial charge in [0, 0.05) is 25.3 Å². The minimum Gasteiger partial charge on any atom is -0.345 e. The first-order valence-corrected chi connectivity index (χ1v) is 8.02. The number of nitrogens with zero attached hydrogens (tertiary/aromatic N) is 3. The summed E-state index contributed by atoms with van der Waals surface area (Å²) in [6.07, 6.45) is 1.20. The predicted octanol–water partition coefficient (Wildman–Crippen LogP) is 1.74. The van der Waals surface area contributed by atoms with Crippen LogP contribution in [0.5, 0.6) is 0 Å². The van der Waals surface area contributed by atoms with Gasteiger partial charge in [-0.2, -0.15) is 0 Å². The maximum Gasteiger partial charge on any atom is 0.269 e. The van der Waals surface area contributed by atoms with Crippen LogP contribution in [-0.2, 0) is 11.3 Å². The van der Waals surface area contributed by atoms with E-state index in [-0.39, 0.29) is 23.9 Å². The van der Waals surface area contributed by atoms with E-state index in [1.165, 1.54) is 15.7 Å². The van der Waals surface area contributed by atoms with Crippen LogP contribution in [0.1, 0.15) is 10.4 Å². The Balaban J connectivity index is 1.82. The highest BCUT2D eigenvalue weighted by atomic mass is 16.2. The SMILES string of the molecule is CN(C)C(=O)c1cccc(NC(=O)Cn2c(=O)cnc3ccccc32)c1. The second-order valence-corrected chi connectivity index (χ2v) is 6.00. The lowest BCUT2D eigenvalue weighted by molar-refractivity contribution is -0.116. The molecule has 7 heteroatoms. The van der Waals surface area contributed by atoms with Crippen molar-refractivity contribution < 1.29 is 9.59 Å². The Kier molecular flexibility index (Phi) is 4.79. The Morgan fingerprint density at radius 1 is 1.12 bits per heavy atom. The fraction of sp³-hybridized carbons (Fsp3) is 0.158. The molecule has 0 fully saturated rings. The van der Waals surface area contributed by atoms with E-state index in [0.29, 0.717) is 22.3 Å². The third-order valence-electron chi connectivity index (χ3n) is 3.85. The first kappa shape index (κ1) is 17.3. The summed E-state index contributed by atoms with van der Waals surface area (Å²) in [6.45, 7) is -0.145. The van der Waals surface area contributed by atoms with Gasteiger partial charge < -0.3 is 10.2 Å². The molecular weight excluding hydrogens is 332 g/mol.